The molecule has 0 saturated heterocycles. The third-order valence-corrected chi connectivity index (χ3v) is 7.18. The summed E-state index contributed by atoms with van der Waals surface area (Å²) in [5.41, 5.74) is 3.14. The van der Waals surface area contributed by atoms with E-state index in [1.165, 1.54) is 16.4 Å². The number of H-pyrrole nitrogens is 1. The monoisotopic (exact) mass is 453 g/mol. The second kappa shape index (κ2) is 9.12. The highest BCUT2D eigenvalue weighted by Crippen LogP contribution is 2.29. The van der Waals surface area contributed by atoms with Gasteiger partial charge in [-0.2, -0.15) is 0 Å². The van der Waals surface area contributed by atoms with Gasteiger partial charge in [0.25, 0.3) is 10.0 Å². The molecule has 0 aliphatic rings. The van der Waals surface area contributed by atoms with Crippen LogP contribution in [0.3, 0.4) is 0 Å². The number of sulfonamides is 1. The Hall–Kier alpha value is -2.83. The molecule has 7 heteroatoms. The fourth-order valence-electron chi connectivity index (χ4n) is 3.47. The molecule has 0 spiro atoms. The van der Waals surface area contributed by atoms with Crippen LogP contribution in [-0.2, 0) is 23.0 Å². The van der Waals surface area contributed by atoms with Crippen molar-refractivity contribution in [2.24, 2.45) is 0 Å². The fourth-order valence-corrected chi connectivity index (χ4v) is 5.04. The summed E-state index contributed by atoms with van der Waals surface area (Å²) in [6.07, 6.45) is 3.02. The first-order valence-electron chi connectivity index (χ1n) is 10.3. The first kappa shape index (κ1) is 21.4. The molecule has 0 saturated carbocycles. The summed E-state index contributed by atoms with van der Waals surface area (Å²) >= 11 is 5.97. The van der Waals surface area contributed by atoms with E-state index in [0.29, 0.717) is 10.7 Å². The van der Waals surface area contributed by atoms with Crippen LogP contribution in [0.2, 0.25) is 5.02 Å². The third-order valence-electron chi connectivity index (χ3n) is 5.14. The number of nitrogens with one attached hydrogen (secondary N) is 1. The van der Waals surface area contributed by atoms with E-state index < -0.39 is 10.0 Å². The van der Waals surface area contributed by atoms with Crippen LogP contribution in [0.4, 0.5) is 5.69 Å². The van der Waals surface area contributed by atoms with Crippen LogP contribution in [0.15, 0.2) is 77.7 Å². The third kappa shape index (κ3) is 4.75. The number of imidazole rings is 1. The molecule has 0 bridgehead atoms. The maximum atomic E-state index is 13.6. The average molecular weight is 454 g/mol. The van der Waals surface area contributed by atoms with E-state index in [-0.39, 0.29) is 11.4 Å². The summed E-state index contributed by atoms with van der Waals surface area (Å²) in [6, 6.07) is 21.3. The Bertz CT molecular complexity index is 1270. The van der Waals surface area contributed by atoms with Crippen molar-refractivity contribution in [1.82, 2.24) is 9.97 Å². The quantitative estimate of drug-likeness (QED) is 0.358. The number of aromatic amines is 1. The Balaban J connectivity index is 1.77. The number of rotatable bonds is 8. The zero-order valence-corrected chi connectivity index (χ0v) is 18.8. The van der Waals surface area contributed by atoms with Gasteiger partial charge in [0.15, 0.2) is 0 Å². The first-order chi connectivity index (χ1) is 15.0. The summed E-state index contributed by atoms with van der Waals surface area (Å²) in [7, 11) is -3.80. The molecule has 0 aliphatic heterocycles. The number of hydrogen-bond donors (Lipinski definition) is 1. The molecule has 0 fully saturated rings. The minimum atomic E-state index is -3.80. The molecule has 4 rings (SSSR count). The van der Waals surface area contributed by atoms with E-state index in [9.17, 15) is 8.42 Å². The molecule has 1 heterocycles. The van der Waals surface area contributed by atoms with E-state index in [0.717, 1.165) is 41.7 Å². The Labute approximate surface area is 187 Å². The Morgan fingerprint density at radius 1 is 1.00 bits per heavy atom. The molecule has 160 valence electrons. The molecule has 1 aromatic heterocycles. The predicted octanol–water partition coefficient (Wildman–Crippen LogP) is 5.95. The van der Waals surface area contributed by atoms with Crippen molar-refractivity contribution in [2.45, 2.75) is 37.6 Å². The maximum absolute atomic E-state index is 13.6. The highest BCUT2D eigenvalue weighted by molar-refractivity contribution is 7.92. The normalized spacial score (nSPS) is 11.7. The summed E-state index contributed by atoms with van der Waals surface area (Å²) < 4.78 is 28.6. The highest BCUT2D eigenvalue weighted by Gasteiger charge is 2.26. The van der Waals surface area contributed by atoms with Crippen molar-refractivity contribution < 1.29 is 8.42 Å². The molecule has 0 radical (unpaired) electrons. The van der Waals surface area contributed by atoms with Crippen LogP contribution in [0, 0.1) is 0 Å². The second-order valence-corrected chi connectivity index (χ2v) is 9.74. The largest absolute Gasteiger partial charge is 0.342 e. The van der Waals surface area contributed by atoms with Crippen LogP contribution in [-0.4, -0.2) is 18.4 Å². The molecular weight excluding hydrogens is 430 g/mol. The average Bonchev–Trinajstić information content (AvgIpc) is 3.19. The molecule has 5 nitrogen and oxygen atoms in total. The molecule has 0 unspecified atom stereocenters. The summed E-state index contributed by atoms with van der Waals surface area (Å²) in [4.78, 5) is 8.16. The predicted molar refractivity (Wildman–Crippen MR) is 126 cm³/mol. The number of hydrogen-bond acceptors (Lipinski definition) is 3. The van der Waals surface area contributed by atoms with Gasteiger partial charge in [0, 0.05) is 11.4 Å². The van der Waals surface area contributed by atoms with Crippen LogP contribution in [0.5, 0.6) is 0 Å². The van der Waals surface area contributed by atoms with Gasteiger partial charge < -0.3 is 4.98 Å². The number of benzene rings is 3. The molecule has 0 atom stereocenters. The van der Waals surface area contributed by atoms with Gasteiger partial charge in [0.2, 0.25) is 0 Å². The number of aromatic nitrogens is 2. The van der Waals surface area contributed by atoms with Gasteiger partial charge in [-0.3, -0.25) is 4.31 Å². The summed E-state index contributed by atoms with van der Waals surface area (Å²) in [6.45, 7) is 2.36. The zero-order valence-electron chi connectivity index (χ0n) is 17.3. The number of unbranched alkanes of at least 4 members (excludes halogenated alkanes) is 1. The van der Waals surface area contributed by atoms with Gasteiger partial charge in [0.05, 0.1) is 28.2 Å². The smallest absolute Gasteiger partial charge is 0.264 e. The fraction of sp³-hybridized carbons (Fsp3) is 0.208. The Morgan fingerprint density at radius 3 is 2.45 bits per heavy atom. The van der Waals surface area contributed by atoms with Crippen molar-refractivity contribution >= 4 is 38.3 Å². The highest BCUT2D eigenvalue weighted by atomic mass is 35.5. The van der Waals surface area contributed by atoms with Crippen molar-refractivity contribution in [2.75, 3.05) is 4.31 Å². The van der Waals surface area contributed by atoms with E-state index in [1.54, 1.807) is 12.1 Å². The van der Waals surface area contributed by atoms with Crippen LogP contribution >= 0.6 is 11.6 Å². The number of aryl methyl sites for hydroxylation is 1. The lowest BCUT2D eigenvalue weighted by atomic mass is 10.2. The molecule has 4 aromatic rings. The van der Waals surface area contributed by atoms with E-state index in [4.69, 9.17) is 11.6 Å². The second-order valence-electron chi connectivity index (χ2n) is 7.44. The lowest BCUT2D eigenvalue weighted by Gasteiger charge is -2.25. The topological polar surface area (TPSA) is 66.1 Å². The first-order valence-corrected chi connectivity index (χ1v) is 12.1. The van der Waals surface area contributed by atoms with Crippen LogP contribution in [0.25, 0.3) is 11.0 Å². The standard InChI is InChI=1S/C24H24ClN3O2S/c1-2-3-9-24-26-22-15-12-20(16-23(22)27-24)28(17-18-7-5-4-6-8-18)31(29,30)21-13-10-19(25)11-14-21/h4-8,10-16H,2-3,9,17H2,1H3,(H,26,27). The number of anilines is 1. The van der Waals surface area contributed by atoms with Crippen molar-refractivity contribution in [3.05, 3.63) is 89.2 Å². The van der Waals surface area contributed by atoms with Gasteiger partial charge in [-0.05, 0) is 54.4 Å². The molecule has 31 heavy (non-hydrogen) atoms. The van der Waals surface area contributed by atoms with Crippen molar-refractivity contribution in [3.8, 4) is 0 Å². The minimum absolute atomic E-state index is 0.196. The minimum Gasteiger partial charge on any atom is -0.342 e. The molecular formula is C24H24ClN3O2S. The van der Waals surface area contributed by atoms with Gasteiger partial charge in [0.1, 0.15) is 5.82 Å². The van der Waals surface area contributed by atoms with Gasteiger partial charge in [-0.25, -0.2) is 13.4 Å². The number of fused-ring (bicyclic) bond motifs is 1. The molecule has 3 aromatic carbocycles. The van der Waals surface area contributed by atoms with E-state index in [2.05, 4.69) is 16.9 Å². The number of nitrogens with zero attached hydrogens (tertiary/aromatic N) is 2. The SMILES string of the molecule is CCCCc1nc2ccc(N(Cc3ccccc3)S(=O)(=O)c3ccc(Cl)cc3)cc2[nH]1. The zero-order chi connectivity index (χ0) is 21.8. The van der Waals surface area contributed by atoms with E-state index >= 15 is 0 Å². The van der Waals surface area contributed by atoms with Gasteiger partial charge >= 0.3 is 0 Å². The van der Waals surface area contributed by atoms with Crippen LogP contribution < -0.4 is 4.31 Å². The lowest BCUT2D eigenvalue weighted by molar-refractivity contribution is 0.590. The molecule has 1 N–H and O–H groups in total. The van der Waals surface area contributed by atoms with Crippen molar-refractivity contribution in [3.63, 3.8) is 0 Å². The summed E-state index contributed by atoms with van der Waals surface area (Å²) in [5, 5.41) is 0.493. The number of halogens is 1. The van der Waals surface area contributed by atoms with Crippen LogP contribution in [0.1, 0.15) is 31.2 Å². The Morgan fingerprint density at radius 2 is 1.74 bits per heavy atom. The van der Waals surface area contributed by atoms with Gasteiger partial charge in [-0.1, -0.05) is 55.3 Å². The summed E-state index contributed by atoms with van der Waals surface area (Å²) in [5.74, 6) is 0.921. The molecule has 0 aliphatic carbocycles. The van der Waals surface area contributed by atoms with E-state index in [1.807, 2.05) is 48.5 Å². The Kier molecular flexibility index (Phi) is 6.30. The van der Waals surface area contributed by atoms with Gasteiger partial charge in [-0.15, -0.1) is 0 Å². The lowest BCUT2D eigenvalue weighted by Crippen LogP contribution is -2.30. The maximum Gasteiger partial charge on any atom is 0.264 e. The van der Waals surface area contributed by atoms with Crippen molar-refractivity contribution in [1.29, 1.82) is 0 Å². The molecule has 0 amide bonds.